The highest BCUT2D eigenvalue weighted by Crippen LogP contribution is 2.21. The van der Waals surface area contributed by atoms with Gasteiger partial charge in [0.1, 0.15) is 11.2 Å². The van der Waals surface area contributed by atoms with Crippen molar-refractivity contribution in [3.05, 3.63) is 45.7 Å². The predicted molar refractivity (Wildman–Crippen MR) is 76.7 cm³/mol. The standard InChI is InChI=1S/C15H15NO5/c1-15(2,3)21-14(20)10-8-6-4-5-7-9(8)16-12(17)11(10)13(18)19/h4-7H,1-3H3,(H,16,17)(H,18,19). The second-order valence-electron chi connectivity index (χ2n) is 5.56. The van der Waals surface area contributed by atoms with Crippen molar-refractivity contribution >= 4 is 22.8 Å². The Bertz CT molecular complexity index is 783. The van der Waals surface area contributed by atoms with E-state index in [9.17, 15) is 19.5 Å². The summed E-state index contributed by atoms with van der Waals surface area (Å²) in [6.45, 7) is 5.00. The lowest BCUT2D eigenvalue weighted by Crippen LogP contribution is -2.29. The van der Waals surface area contributed by atoms with Crippen LogP contribution in [0.3, 0.4) is 0 Å². The molecule has 0 saturated heterocycles. The third kappa shape index (κ3) is 2.94. The minimum absolute atomic E-state index is 0.225. The third-order valence-electron chi connectivity index (χ3n) is 2.74. The number of nitrogens with one attached hydrogen (secondary N) is 1. The van der Waals surface area contributed by atoms with Gasteiger partial charge in [-0.2, -0.15) is 0 Å². The Labute approximate surface area is 120 Å². The number of aromatic carboxylic acids is 1. The van der Waals surface area contributed by atoms with Gasteiger partial charge in [-0.15, -0.1) is 0 Å². The molecule has 21 heavy (non-hydrogen) atoms. The average molecular weight is 289 g/mol. The van der Waals surface area contributed by atoms with Gasteiger partial charge in [-0.25, -0.2) is 9.59 Å². The molecule has 1 aromatic heterocycles. The van der Waals surface area contributed by atoms with Gasteiger partial charge in [0.05, 0.1) is 5.56 Å². The second kappa shape index (κ2) is 5.05. The normalized spacial score (nSPS) is 11.4. The maximum absolute atomic E-state index is 12.3. The lowest BCUT2D eigenvalue weighted by molar-refractivity contribution is 0.00679. The van der Waals surface area contributed by atoms with Crippen molar-refractivity contribution in [3.63, 3.8) is 0 Å². The molecule has 0 spiro atoms. The molecule has 0 aliphatic rings. The Kier molecular flexibility index (Phi) is 3.55. The number of hydrogen-bond donors (Lipinski definition) is 2. The number of esters is 1. The monoisotopic (exact) mass is 289 g/mol. The second-order valence-corrected chi connectivity index (χ2v) is 5.56. The summed E-state index contributed by atoms with van der Waals surface area (Å²) in [5.41, 5.74) is -2.08. The van der Waals surface area contributed by atoms with Gasteiger partial charge in [-0.3, -0.25) is 4.79 Å². The van der Waals surface area contributed by atoms with Crippen LogP contribution in [0.1, 0.15) is 41.5 Å². The third-order valence-corrected chi connectivity index (χ3v) is 2.74. The molecule has 0 bridgehead atoms. The number of fused-ring (bicyclic) bond motifs is 1. The summed E-state index contributed by atoms with van der Waals surface area (Å²) >= 11 is 0. The summed E-state index contributed by atoms with van der Waals surface area (Å²) < 4.78 is 5.22. The van der Waals surface area contributed by atoms with Gasteiger partial charge >= 0.3 is 11.9 Å². The molecule has 0 radical (unpaired) electrons. The van der Waals surface area contributed by atoms with E-state index >= 15 is 0 Å². The maximum atomic E-state index is 12.3. The van der Waals surface area contributed by atoms with Crippen molar-refractivity contribution in [2.45, 2.75) is 26.4 Å². The highest BCUT2D eigenvalue weighted by molar-refractivity contribution is 6.11. The van der Waals surface area contributed by atoms with Gasteiger partial charge in [0, 0.05) is 10.9 Å². The Morgan fingerprint density at radius 1 is 1.14 bits per heavy atom. The number of hydrogen-bond acceptors (Lipinski definition) is 4. The van der Waals surface area contributed by atoms with Gasteiger partial charge in [-0.1, -0.05) is 18.2 Å². The average Bonchev–Trinajstić information content (AvgIpc) is 2.34. The summed E-state index contributed by atoms with van der Waals surface area (Å²) in [5.74, 6) is -2.30. The molecule has 0 atom stereocenters. The summed E-state index contributed by atoms with van der Waals surface area (Å²) in [6.07, 6.45) is 0. The number of carboxylic acids is 1. The first-order chi connectivity index (χ1) is 9.70. The van der Waals surface area contributed by atoms with Crippen LogP contribution in [0.2, 0.25) is 0 Å². The number of carboxylic acid groups (broad SMARTS) is 1. The van der Waals surface area contributed by atoms with E-state index in [1.165, 1.54) is 0 Å². The van der Waals surface area contributed by atoms with E-state index in [4.69, 9.17) is 4.74 Å². The van der Waals surface area contributed by atoms with Gasteiger partial charge in [-0.05, 0) is 26.8 Å². The highest BCUT2D eigenvalue weighted by Gasteiger charge is 2.27. The van der Waals surface area contributed by atoms with Crippen LogP contribution in [0.4, 0.5) is 0 Å². The quantitative estimate of drug-likeness (QED) is 0.826. The Hall–Kier alpha value is -2.63. The Balaban J connectivity index is 2.80. The molecule has 0 aliphatic carbocycles. The molecule has 6 heteroatoms. The topological polar surface area (TPSA) is 96.5 Å². The van der Waals surface area contributed by atoms with Crippen LogP contribution >= 0.6 is 0 Å². The van der Waals surface area contributed by atoms with Crippen LogP contribution in [0.5, 0.6) is 0 Å². The predicted octanol–water partition coefficient (Wildman–Crippen LogP) is 2.18. The van der Waals surface area contributed by atoms with E-state index in [0.29, 0.717) is 10.9 Å². The van der Waals surface area contributed by atoms with Crippen molar-refractivity contribution in [1.29, 1.82) is 0 Å². The van der Waals surface area contributed by atoms with E-state index in [0.717, 1.165) is 0 Å². The van der Waals surface area contributed by atoms with Crippen molar-refractivity contribution < 1.29 is 19.4 Å². The van der Waals surface area contributed by atoms with E-state index in [1.54, 1.807) is 45.0 Å². The molecular weight excluding hydrogens is 274 g/mol. The highest BCUT2D eigenvalue weighted by atomic mass is 16.6. The van der Waals surface area contributed by atoms with Crippen LogP contribution in [0, 0.1) is 0 Å². The number of ether oxygens (including phenoxy) is 1. The van der Waals surface area contributed by atoms with Crippen molar-refractivity contribution in [1.82, 2.24) is 4.98 Å². The summed E-state index contributed by atoms with van der Waals surface area (Å²) in [7, 11) is 0. The number of aromatic amines is 1. The number of pyridine rings is 1. The lowest BCUT2D eigenvalue weighted by Gasteiger charge is -2.20. The van der Waals surface area contributed by atoms with E-state index in [-0.39, 0.29) is 5.56 Å². The molecular formula is C15H15NO5. The molecule has 2 rings (SSSR count). The molecule has 6 nitrogen and oxygen atoms in total. The zero-order chi connectivity index (χ0) is 15.8. The number of rotatable bonds is 2. The lowest BCUT2D eigenvalue weighted by atomic mass is 10.0. The van der Waals surface area contributed by atoms with E-state index in [1.807, 2.05) is 0 Å². The zero-order valence-electron chi connectivity index (χ0n) is 11.9. The van der Waals surface area contributed by atoms with Crippen LogP contribution in [0.15, 0.2) is 29.1 Å². The number of H-pyrrole nitrogens is 1. The fourth-order valence-electron chi connectivity index (χ4n) is 1.99. The molecule has 0 amide bonds. The fourth-order valence-corrected chi connectivity index (χ4v) is 1.99. The fraction of sp³-hybridized carbons (Fsp3) is 0.267. The molecule has 110 valence electrons. The van der Waals surface area contributed by atoms with Crippen LogP contribution in [0.25, 0.3) is 10.9 Å². The van der Waals surface area contributed by atoms with Crippen molar-refractivity contribution in [2.75, 3.05) is 0 Å². The number of carbonyl (C=O) groups is 2. The maximum Gasteiger partial charge on any atom is 0.342 e. The van der Waals surface area contributed by atoms with Gasteiger partial charge < -0.3 is 14.8 Å². The van der Waals surface area contributed by atoms with E-state index in [2.05, 4.69) is 4.98 Å². The summed E-state index contributed by atoms with van der Waals surface area (Å²) in [4.78, 5) is 38.0. The first kappa shape index (κ1) is 14.8. The van der Waals surface area contributed by atoms with Crippen molar-refractivity contribution in [3.8, 4) is 0 Å². The van der Waals surface area contributed by atoms with Crippen LogP contribution in [-0.4, -0.2) is 27.6 Å². The smallest absolute Gasteiger partial charge is 0.342 e. The Morgan fingerprint density at radius 3 is 2.33 bits per heavy atom. The van der Waals surface area contributed by atoms with Gasteiger partial charge in [0.15, 0.2) is 0 Å². The number of carbonyl (C=O) groups excluding carboxylic acids is 1. The molecule has 2 aromatic rings. The molecule has 0 unspecified atom stereocenters. The van der Waals surface area contributed by atoms with Gasteiger partial charge in [0.2, 0.25) is 0 Å². The largest absolute Gasteiger partial charge is 0.477 e. The molecule has 0 aliphatic heterocycles. The molecule has 1 aromatic carbocycles. The first-order valence-corrected chi connectivity index (χ1v) is 6.32. The summed E-state index contributed by atoms with van der Waals surface area (Å²) in [5, 5.41) is 9.56. The number of aromatic nitrogens is 1. The van der Waals surface area contributed by atoms with E-state index < -0.39 is 28.7 Å². The zero-order valence-corrected chi connectivity index (χ0v) is 11.9. The molecule has 2 N–H and O–H groups in total. The molecule has 0 saturated carbocycles. The van der Waals surface area contributed by atoms with Crippen molar-refractivity contribution in [2.24, 2.45) is 0 Å². The van der Waals surface area contributed by atoms with Crippen LogP contribution < -0.4 is 5.56 Å². The molecule has 1 heterocycles. The number of benzene rings is 1. The molecule has 0 fully saturated rings. The van der Waals surface area contributed by atoms with Gasteiger partial charge in [0.25, 0.3) is 5.56 Å². The first-order valence-electron chi connectivity index (χ1n) is 6.32. The number of para-hydroxylation sites is 1. The SMILES string of the molecule is CC(C)(C)OC(=O)c1c(C(=O)O)c(=O)[nH]c2ccccc12. The minimum Gasteiger partial charge on any atom is -0.477 e. The minimum atomic E-state index is -1.47. The Morgan fingerprint density at radius 2 is 1.76 bits per heavy atom. The summed E-state index contributed by atoms with van der Waals surface area (Å²) in [6, 6.07) is 6.49. The van der Waals surface area contributed by atoms with Crippen LogP contribution in [-0.2, 0) is 4.74 Å².